The van der Waals surface area contributed by atoms with Gasteiger partial charge in [-0.3, -0.25) is 4.79 Å². The quantitative estimate of drug-likeness (QED) is 0.129. The molecule has 214 valence electrons. The van der Waals surface area contributed by atoms with E-state index in [1.165, 1.54) is 63.4 Å². The number of aryl methyl sites for hydroxylation is 1. The summed E-state index contributed by atoms with van der Waals surface area (Å²) in [6.45, 7) is 6.64. The van der Waals surface area contributed by atoms with Crippen molar-refractivity contribution in [3.63, 3.8) is 0 Å². The SMILES string of the molecule is CCCCCCCCCCCCOc1ccc(OCC(=O)NCCc2ccc[n+](CCC)c2)cc1OC.[I-]. The Morgan fingerprint density at radius 1 is 0.868 bits per heavy atom. The van der Waals surface area contributed by atoms with Crippen molar-refractivity contribution in [3.8, 4) is 17.2 Å². The van der Waals surface area contributed by atoms with E-state index in [1.54, 1.807) is 13.2 Å². The first-order valence-corrected chi connectivity index (χ1v) is 14.3. The Bertz CT molecular complexity index is 894. The number of hydrogen-bond acceptors (Lipinski definition) is 4. The minimum atomic E-state index is -0.141. The molecule has 7 heteroatoms. The van der Waals surface area contributed by atoms with E-state index in [4.69, 9.17) is 14.2 Å². The lowest BCUT2D eigenvalue weighted by Crippen LogP contribution is -3.00. The number of hydrogen-bond donors (Lipinski definition) is 1. The van der Waals surface area contributed by atoms with Crippen LogP contribution in [0, 0.1) is 0 Å². The Kier molecular flexibility index (Phi) is 19.6. The van der Waals surface area contributed by atoms with Crippen molar-refractivity contribution in [2.24, 2.45) is 0 Å². The van der Waals surface area contributed by atoms with E-state index in [-0.39, 0.29) is 36.5 Å². The number of unbranched alkanes of at least 4 members (excludes halogenated alkanes) is 9. The normalized spacial score (nSPS) is 10.5. The zero-order valence-corrected chi connectivity index (χ0v) is 26.0. The Balaban J connectivity index is 0.00000722. The van der Waals surface area contributed by atoms with Gasteiger partial charge < -0.3 is 43.5 Å². The highest BCUT2D eigenvalue weighted by molar-refractivity contribution is 5.77. The van der Waals surface area contributed by atoms with Gasteiger partial charge in [-0.05, 0) is 31.0 Å². The highest BCUT2D eigenvalue weighted by Gasteiger charge is 2.09. The number of rotatable bonds is 21. The summed E-state index contributed by atoms with van der Waals surface area (Å²) < 4.78 is 19.3. The van der Waals surface area contributed by atoms with Crippen LogP contribution >= 0.6 is 0 Å². The number of nitrogens with one attached hydrogen (secondary N) is 1. The molecule has 1 heterocycles. The predicted octanol–water partition coefficient (Wildman–Crippen LogP) is 3.43. The molecular weight excluding hydrogens is 591 g/mol. The van der Waals surface area contributed by atoms with E-state index in [9.17, 15) is 4.79 Å². The highest BCUT2D eigenvalue weighted by Crippen LogP contribution is 2.31. The highest BCUT2D eigenvalue weighted by atomic mass is 127. The van der Waals surface area contributed by atoms with Crippen LogP contribution in [-0.4, -0.2) is 32.8 Å². The molecular formula is C31H49IN2O4. The number of halogens is 1. The van der Waals surface area contributed by atoms with Gasteiger partial charge in [-0.2, -0.15) is 0 Å². The fraction of sp³-hybridized carbons (Fsp3) is 0.613. The minimum Gasteiger partial charge on any atom is -1.00 e. The van der Waals surface area contributed by atoms with E-state index in [2.05, 4.69) is 42.2 Å². The number of nitrogens with zero attached hydrogens (tertiary/aromatic N) is 1. The number of carbonyl (C=O) groups is 1. The van der Waals surface area contributed by atoms with Gasteiger partial charge in [0.25, 0.3) is 5.91 Å². The molecule has 0 bridgehead atoms. The summed E-state index contributed by atoms with van der Waals surface area (Å²) in [6, 6.07) is 9.58. The second-order valence-corrected chi connectivity index (χ2v) is 9.68. The molecule has 0 aliphatic heterocycles. The number of carbonyl (C=O) groups excluding carboxylic acids is 1. The van der Waals surface area contributed by atoms with Gasteiger partial charge in [0.2, 0.25) is 0 Å². The van der Waals surface area contributed by atoms with Gasteiger partial charge in [0.15, 0.2) is 30.5 Å². The molecule has 0 spiro atoms. The van der Waals surface area contributed by atoms with Crippen molar-refractivity contribution in [2.75, 3.05) is 26.9 Å². The minimum absolute atomic E-state index is 0. The third-order valence-corrected chi connectivity index (χ3v) is 6.40. The lowest BCUT2D eigenvalue weighted by Gasteiger charge is -2.13. The van der Waals surface area contributed by atoms with Crippen molar-refractivity contribution in [2.45, 2.75) is 97.4 Å². The molecule has 38 heavy (non-hydrogen) atoms. The van der Waals surface area contributed by atoms with Gasteiger partial charge in [-0.15, -0.1) is 0 Å². The standard InChI is InChI=1S/C31H48N2O4.HI/c1-4-6-7-8-9-10-11-12-13-14-23-36-29-18-17-28(24-30(29)35-3)37-26-31(34)32-20-19-27-16-15-22-33(25-27)21-5-2;/h15-18,22,24-25H,4-14,19-21,23,26H2,1-3H3;1H. The molecule has 1 aromatic heterocycles. The molecule has 1 amide bonds. The molecule has 0 atom stereocenters. The zero-order valence-electron chi connectivity index (χ0n) is 23.8. The first-order chi connectivity index (χ1) is 18.2. The molecule has 2 rings (SSSR count). The van der Waals surface area contributed by atoms with Crippen LogP contribution in [0.3, 0.4) is 0 Å². The summed E-state index contributed by atoms with van der Waals surface area (Å²) in [5.74, 6) is 1.77. The molecule has 1 aromatic carbocycles. The Morgan fingerprint density at radius 3 is 2.26 bits per heavy atom. The molecule has 0 fully saturated rings. The molecule has 0 radical (unpaired) electrons. The van der Waals surface area contributed by atoms with Crippen molar-refractivity contribution in [1.82, 2.24) is 5.32 Å². The number of ether oxygens (including phenoxy) is 3. The predicted molar refractivity (Wildman–Crippen MR) is 149 cm³/mol. The van der Waals surface area contributed by atoms with Crippen LogP contribution in [-0.2, 0) is 17.8 Å². The van der Waals surface area contributed by atoms with E-state index >= 15 is 0 Å². The molecule has 0 unspecified atom stereocenters. The Morgan fingerprint density at radius 2 is 1.58 bits per heavy atom. The summed E-state index contributed by atoms with van der Waals surface area (Å²) >= 11 is 0. The maximum absolute atomic E-state index is 12.2. The first-order valence-electron chi connectivity index (χ1n) is 14.3. The number of benzene rings is 1. The van der Waals surface area contributed by atoms with E-state index in [0.29, 0.717) is 30.4 Å². The molecule has 0 aliphatic carbocycles. The number of aromatic nitrogens is 1. The summed E-state index contributed by atoms with van der Waals surface area (Å²) in [5.41, 5.74) is 1.20. The number of amides is 1. The van der Waals surface area contributed by atoms with E-state index < -0.39 is 0 Å². The lowest BCUT2D eigenvalue weighted by molar-refractivity contribution is -0.697. The van der Waals surface area contributed by atoms with Crippen molar-refractivity contribution in [1.29, 1.82) is 0 Å². The van der Waals surface area contributed by atoms with Crippen LogP contribution in [0.1, 0.15) is 90.0 Å². The lowest BCUT2D eigenvalue weighted by atomic mass is 10.1. The van der Waals surface area contributed by atoms with Gasteiger partial charge in [0.05, 0.1) is 13.7 Å². The van der Waals surface area contributed by atoms with Gasteiger partial charge in [-0.25, -0.2) is 4.57 Å². The van der Waals surface area contributed by atoms with Gasteiger partial charge in [-0.1, -0.05) is 71.6 Å². The Labute approximate surface area is 247 Å². The third kappa shape index (κ3) is 14.8. The van der Waals surface area contributed by atoms with Crippen LogP contribution < -0.4 is 48.1 Å². The largest absolute Gasteiger partial charge is 1.00 e. The molecule has 6 nitrogen and oxygen atoms in total. The fourth-order valence-corrected chi connectivity index (χ4v) is 4.30. The molecule has 0 aliphatic rings. The van der Waals surface area contributed by atoms with E-state index in [1.807, 2.05) is 18.2 Å². The smallest absolute Gasteiger partial charge is 0.257 e. The summed E-state index contributed by atoms with van der Waals surface area (Å²) in [6.07, 6.45) is 19.1. The van der Waals surface area contributed by atoms with Crippen molar-refractivity contribution >= 4 is 5.91 Å². The molecule has 2 aromatic rings. The topological polar surface area (TPSA) is 60.7 Å². The average Bonchev–Trinajstić information content (AvgIpc) is 2.91. The molecule has 1 N–H and O–H groups in total. The fourth-order valence-electron chi connectivity index (χ4n) is 4.30. The maximum Gasteiger partial charge on any atom is 0.257 e. The molecule has 0 saturated carbocycles. The van der Waals surface area contributed by atoms with Crippen LogP contribution in [0.4, 0.5) is 0 Å². The van der Waals surface area contributed by atoms with Crippen molar-refractivity contribution < 1.29 is 47.5 Å². The van der Waals surface area contributed by atoms with Crippen LogP contribution in [0.5, 0.6) is 17.2 Å². The molecule has 0 saturated heterocycles. The summed E-state index contributed by atoms with van der Waals surface area (Å²) in [7, 11) is 1.62. The average molecular weight is 641 g/mol. The van der Waals surface area contributed by atoms with Gasteiger partial charge >= 0.3 is 0 Å². The van der Waals surface area contributed by atoms with Crippen molar-refractivity contribution in [3.05, 3.63) is 48.3 Å². The zero-order chi connectivity index (χ0) is 26.6. The Hall–Kier alpha value is -2.03. The van der Waals surface area contributed by atoms with Gasteiger partial charge in [0.1, 0.15) is 12.3 Å². The van der Waals surface area contributed by atoms with E-state index in [0.717, 1.165) is 25.8 Å². The number of pyridine rings is 1. The monoisotopic (exact) mass is 640 g/mol. The van der Waals surface area contributed by atoms with Crippen LogP contribution in [0.15, 0.2) is 42.7 Å². The second-order valence-electron chi connectivity index (χ2n) is 9.68. The summed E-state index contributed by atoms with van der Waals surface area (Å²) in [5, 5.41) is 2.93. The maximum atomic E-state index is 12.2. The second kappa shape index (κ2) is 21.9. The van der Waals surface area contributed by atoms with Gasteiger partial charge in [0, 0.05) is 30.7 Å². The van der Waals surface area contributed by atoms with Crippen LogP contribution in [0.25, 0.3) is 0 Å². The first kappa shape index (κ1) is 34.0. The number of methoxy groups -OCH3 is 1. The summed E-state index contributed by atoms with van der Waals surface area (Å²) in [4.78, 5) is 12.2. The third-order valence-electron chi connectivity index (χ3n) is 6.40. The van der Waals surface area contributed by atoms with Crippen LogP contribution in [0.2, 0.25) is 0 Å².